The van der Waals surface area contributed by atoms with Gasteiger partial charge in [0.2, 0.25) is 11.8 Å². The number of amides is 2. The van der Waals surface area contributed by atoms with Crippen molar-refractivity contribution in [3.05, 3.63) is 30.0 Å². The van der Waals surface area contributed by atoms with E-state index in [1.165, 1.54) is 12.8 Å². The third kappa shape index (κ3) is 4.12. The van der Waals surface area contributed by atoms with E-state index in [1.54, 1.807) is 0 Å². The van der Waals surface area contributed by atoms with Gasteiger partial charge in [-0.1, -0.05) is 12.8 Å². The SMILES string of the molecule is Cc1cc2cc(NC(=O)CCC(=O)NC3CCCC3)ccc2o1. The maximum absolute atomic E-state index is 12.0. The lowest BCUT2D eigenvalue weighted by Crippen LogP contribution is -2.33. The molecule has 0 bridgehead atoms. The highest BCUT2D eigenvalue weighted by Crippen LogP contribution is 2.22. The van der Waals surface area contributed by atoms with Crippen molar-refractivity contribution in [2.24, 2.45) is 0 Å². The van der Waals surface area contributed by atoms with E-state index in [-0.39, 0.29) is 24.7 Å². The molecule has 2 aromatic rings. The molecule has 5 nitrogen and oxygen atoms in total. The molecule has 1 aliphatic rings. The average molecular weight is 314 g/mol. The van der Waals surface area contributed by atoms with Gasteiger partial charge in [-0.25, -0.2) is 0 Å². The molecule has 0 radical (unpaired) electrons. The zero-order valence-corrected chi connectivity index (χ0v) is 13.4. The molecule has 0 saturated heterocycles. The molecule has 1 fully saturated rings. The van der Waals surface area contributed by atoms with Gasteiger partial charge in [-0.15, -0.1) is 0 Å². The number of furan rings is 1. The maximum Gasteiger partial charge on any atom is 0.224 e. The van der Waals surface area contributed by atoms with Gasteiger partial charge in [0.15, 0.2) is 0 Å². The molecule has 1 aromatic carbocycles. The summed E-state index contributed by atoms with van der Waals surface area (Å²) in [5.74, 6) is 0.658. The monoisotopic (exact) mass is 314 g/mol. The zero-order valence-electron chi connectivity index (χ0n) is 13.4. The number of rotatable bonds is 5. The molecule has 1 saturated carbocycles. The number of nitrogens with one attached hydrogen (secondary N) is 2. The van der Waals surface area contributed by atoms with Crippen LogP contribution in [0.5, 0.6) is 0 Å². The van der Waals surface area contributed by atoms with Crippen LogP contribution in [-0.4, -0.2) is 17.9 Å². The van der Waals surface area contributed by atoms with Crippen LogP contribution < -0.4 is 10.6 Å². The van der Waals surface area contributed by atoms with Crippen molar-refractivity contribution in [3.8, 4) is 0 Å². The first-order valence-corrected chi connectivity index (χ1v) is 8.19. The fourth-order valence-corrected chi connectivity index (χ4v) is 3.07. The summed E-state index contributed by atoms with van der Waals surface area (Å²) in [6.07, 6.45) is 4.91. The van der Waals surface area contributed by atoms with Crippen molar-refractivity contribution in [1.82, 2.24) is 5.32 Å². The number of carbonyl (C=O) groups excluding carboxylic acids is 2. The third-order valence-electron chi connectivity index (χ3n) is 4.22. The van der Waals surface area contributed by atoms with Gasteiger partial charge in [-0.3, -0.25) is 9.59 Å². The number of benzene rings is 1. The maximum atomic E-state index is 12.0. The lowest BCUT2D eigenvalue weighted by molar-refractivity contribution is -0.124. The van der Waals surface area contributed by atoms with E-state index in [1.807, 2.05) is 31.2 Å². The number of fused-ring (bicyclic) bond motifs is 1. The Morgan fingerprint density at radius 3 is 2.65 bits per heavy atom. The topological polar surface area (TPSA) is 71.3 Å². The molecule has 0 aliphatic heterocycles. The van der Waals surface area contributed by atoms with Gasteiger partial charge < -0.3 is 15.1 Å². The molecule has 3 rings (SSSR count). The third-order valence-corrected chi connectivity index (χ3v) is 4.22. The van der Waals surface area contributed by atoms with Gasteiger partial charge in [0.25, 0.3) is 0 Å². The van der Waals surface area contributed by atoms with Gasteiger partial charge in [-0.2, -0.15) is 0 Å². The lowest BCUT2D eigenvalue weighted by atomic mass is 10.2. The molecule has 2 N–H and O–H groups in total. The Labute approximate surface area is 135 Å². The summed E-state index contributed by atoms with van der Waals surface area (Å²) in [5.41, 5.74) is 1.52. The van der Waals surface area contributed by atoms with Crippen LogP contribution in [0.15, 0.2) is 28.7 Å². The molecule has 1 aromatic heterocycles. The van der Waals surface area contributed by atoms with Crippen molar-refractivity contribution < 1.29 is 14.0 Å². The highest BCUT2D eigenvalue weighted by atomic mass is 16.3. The van der Waals surface area contributed by atoms with Crippen LogP contribution >= 0.6 is 0 Å². The first-order chi connectivity index (χ1) is 11.1. The number of anilines is 1. The minimum absolute atomic E-state index is 0.0343. The molecule has 23 heavy (non-hydrogen) atoms. The molecule has 5 heteroatoms. The smallest absolute Gasteiger partial charge is 0.224 e. The van der Waals surface area contributed by atoms with Crippen LogP contribution in [0.3, 0.4) is 0 Å². The van der Waals surface area contributed by atoms with Crippen LogP contribution in [0.4, 0.5) is 5.69 Å². The van der Waals surface area contributed by atoms with Crippen LogP contribution in [0, 0.1) is 6.92 Å². The van der Waals surface area contributed by atoms with E-state index in [2.05, 4.69) is 10.6 Å². The Hall–Kier alpha value is -2.30. The summed E-state index contributed by atoms with van der Waals surface area (Å²) in [6.45, 7) is 1.89. The second-order valence-corrected chi connectivity index (χ2v) is 6.21. The quantitative estimate of drug-likeness (QED) is 0.887. The second-order valence-electron chi connectivity index (χ2n) is 6.21. The predicted molar refractivity (Wildman–Crippen MR) is 89.2 cm³/mol. The van der Waals surface area contributed by atoms with Crippen LogP contribution in [0.2, 0.25) is 0 Å². The first kappa shape index (κ1) is 15.6. The van der Waals surface area contributed by atoms with Crippen molar-refractivity contribution in [2.45, 2.75) is 51.5 Å². The van der Waals surface area contributed by atoms with E-state index in [9.17, 15) is 9.59 Å². The second kappa shape index (κ2) is 6.86. The first-order valence-electron chi connectivity index (χ1n) is 8.19. The van der Waals surface area contributed by atoms with Gasteiger partial charge in [0, 0.05) is 30.0 Å². The minimum atomic E-state index is -0.147. The Bertz CT molecular complexity index is 714. The molecule has 0 unspecified atom stereocenters. The highest BCUT2D eigenvalue weighted by molar-refractivity contribution is 5.95. The number of hydrogen-bond acceptors (Lipinski definition) is 3. The summed E-state index contributed by atoms with van der Waals surface area (Å²) in [7, 11) is 0. The van der Waals surface area contributed by atoms with Crippen molar-refractivity contribution in [1.29, 1.82) is 0 Å². The van der Waals surface area contributed by atoms with Crippen LogP contribution in [0.1, 0.15) is 44.3 Å². The van der Waals surface area contributed by atoms with E-state index >= 15 is 0 Å². The van der Waals surface area contributed by atoms with E-state index in [4.69, 9.17) is 4.42 Å². The van der Waals surface area contributed by atoms with E-state index in [0.29, 0.717) is 6.04 Å². The molecule has 1 heterocycles. The summed E-state index contributed by atoms with van der Waals surface area (Å²) in [6, 6.07) is 7.76. The van der Waals surface area contributed by atoms with Crippen LogP contribution in [-0.2, 0) is 9.59 Å². The Kier molecular flexibility index (Phi) is 4.65. The van der Waals surface area contributed by atoms with Gasteiger partial charge in [0.1, 0.15) is 11.3 Å². The molecular formula is C18H22N2O3. The standard InChI is InChI=1S/C18H22N2O3/c1-12-10-13-11-15(6-7-16(13)23-12)20-18(22)9-8-17(21)19-14-4-2-3-5-14/h6-7,10-11,14H,2-5,8-9H2,1H3,(H,19,21)(H,20,22). The summed E-state index contributed by atoms with van der Waals surface area (Å²) >= 11 is 0. The normalized spacial score (nSPS) is 15.0. The molecule has 1 aliphatic carbocycles. The Morgan fingerprint density at radius 1 is 1.13 bits per heavy atom. The van der Waals surface area contributed by atoms with E-state index in [0.717, 1.165) is 35.3 Å². The molecule has 2 amide bonds. The highest BCUT2D eigenvalue weighted by Gasteiger charge is 2.17. The lowest BCUT2D eigenvalue weighted by Gasteiger charge is -2.11. The van der Waals surface area contributed by atoms with Crippen molar-refractivity contribution in [3.63, 3.8) is 0 Å². The van der Waals surface area contributed by atoms with Crippen molar-refractivity contribution >= 4 is 28.5 Å². The number of hydrogen-bond donors (Lipinski definition) is 2. The fourth-order valence-electron chi connectivity index (χ4n) is 3.07. The fraction of sp³-hybridized carbons (Fsp3) is 0.444. The largest absolute Gasteiger partial charge is 0.461 e. The molecule has 0 atom stereocenters. The molecule has 0 spiro atoms. The van der Waals surface area contributed by atoms with Crippen molar-refractivity contribution in [2.75, 3.05) is 5.32 Å². The Morgan fingerprint density at radius 2 is 1.87 bits per heavy atom. The van der Waals surface area contributed by atoms with Gasteiger partial charge >= 0.3 is 0 Å². The van der Waals surface area contributed by atoms with Gasteiger partial charge in [-0.05, 0) is 44.0 Å². The van der Waals surface area contributed by atoms with E-state index < -0.39 is 0 Å². The molecule has 122 valence electrons. The minimum Gasteiger partial charge on any atom is -0.461 e. The number of aryl methyl sites for hydroxylation is 1. The van der Waals surface area contributed by atoms with Crippen LogP contribution in [0.25, 0.3) is 11.0 Å². The van der Waals surface area contributed by atoms with Gasteiger partial charge in [0.05, 0.1) is 0 Å². The predicted octanol–water partition coefficient (Wildman–Crippen LogP) is 3.52. The zero-order chi connectivity index (χ0) is 16.2. The average Bonchev–Trinajstić information content (AvgIpc) is 3.13. The molecular weight excluding hydrogens is 292 g/mol. The Balaban J connectivity index is 1.48. The summed E-state index contributed by atoms with van der Waals surface area (Å²) in [5, 5.41) is 6.78. The summed E-state index contributed by atoms with van der Waals surface area (Å²) in [4.78, 5) is 23.8. The number of carbonyl (C=O) groups is 2. The summed E-state index contributed by atoms with van der Waals surface area (Å²) < 4.78 is 5.50.